The number of carbonyl (C=O) groups is 1. The number of rotatable bonds is 2. The number of hydrogen-bond donors (Lipinski definition) is 1. The number of aromatic carboxylic acids is 1. The molecule has 2 aromatic rings. The molecule has 82 valence electrons. The van der Waals surface area contributed by atoms with Crippen LogP contribution < -0.4 is 0 Å². The van der Waals surface area contributed by atoms with Crippen molar-refractivity contribution in [3.05, 3.63) is 44.6 Å². The minimum Gasteiger partial charge on any atom is -0.478 e. The molecule has 0 atom stereocenters. The quantitative estimate of drug-likeness (QED) is 0.902. The van der Waals surface area contributed by atoms with Crippen molar-refractivity contribution in [2.75, 3.05) is 0 Å². The van der Waals surface area contributed by atoms with E-state index in [9.17, 15) is 4.79 Å². The van der Waals surface area contributed by atoms with Crippen LogP contribution in [0.1, 0.15) is 15.9 Å². The third-order valence-electron chi connectivity index (χ3n) is 2.39. The Bertz CT molecular complexity index is 546. The maximum absolute atomic E-state index is 11.0. The Labute approximate surface area is 106 Å². The van der Waals surface area contributed by atoms with Crippen LogP contribution in [-0.2, 0) is 0 Å². The maximum Gasteiger partial charge on any atom is 0.335 e. The molecule has 0 fully saturated rings. The average molecular weight is 297 g/mol. The van der Waals surface area contributed by atoms with E-state index in [0.717, 1.165) is 21.2 Å². The lowest BCUT2D eigenvalue weighted by atomic mass is 10.0. The summed E-state index contributed by atoms with van der Waals surface area (Å²) in [5, 5.41) is 13.0. The van der Waals surface area contributed by atoms with Gasteiger partial charge in [0.05, 0.1) is 5.56 Å². The monoisotopic (exact) mass is 296 g/mol. The molecule has 1 aromatic carbocycles. The molecule has 0 saturated heterocycles. The Balaban J connectivity index is 2.56. The summed E-state index contributed by atoms with van der Waals surface area (Å²) >= 11 is 5.03. The molecule has 0 aliphatic rings. The van der Waals surface area contributed by atoms with E-state index in [1.807, 2.05) is 22.9 Å². The van der Waals surface area contributed by atoms with E-state index in [1.54, 1.807) is 24.3 Å². The molecule has 0 aliphatic carbocycles. The zero-order chi connectivity index (χ0) is 11.7. The van der Waals surface area contributed by atoms with Crippen molar-refractivity contribution in [1.82, 2.24) is 0 Å². The highest BCUT2D eigenvalue weighted by molar-refractivity contribution is 9.10. The lowest BCUT2D eigenvalue weighted by Gasteiger charge is -2.04. The van der Waals surface area contributed by atoms with Crippen LogP contribution in [0.2, 0.25) is 0 Å². The molecular weight excluding hydrogens is 288 g/mol. The van der Waals surface area contributed by atoms with Crippen molar-refractivity contribution < 1.29 is 9.90 Å². The first kappa shape index (κ1) is 11.4. The Kier molecular flexibility index (Phi) is 3.12. The number of carboxylic acids is 1. The van der Waals surface area contributed by atoms with Crippen molar-refractivity contribution in [3.63, 3.8) is 0 Å². The van der Waals surface area contributed by atoms with Gasteiger partial charge in [0.15, 0.2) is 0 Å². The molecular formula is C12H9BrO2S. The Hall–Kier alpha value is -1.13. The van der Waals surface area contributed by atoms with Crippen LogP contribution in [0.5, 0.6) is 0 Å². The molecule has 16 heavy (non-hydrogen) atoms. The summed E-state index contributed by atoms with van der Waals surface area (Å²) in [4.78, 5) is 11.0. The number of hydrogen-bond acceptors (Lipinski definition) is 2. The van der Waals surface area contributed by atoms with Crippen LogP contribution >= 0.6 is 27.3 Å². The Morgan fingerprint density at radius 3 is 2.69 bits per heavy atom. The van der Waals surface area contributed by atoms with E-state index in [2.05, 4.69) is 15.9 Å². The highest BCUT2D eigenvalue weighted by Gasteiger charge is 2.10. The molecule has 1 aromatic heterocycles. The average Bonchev–Trinajstić information content (AvgIpc) is 2.65. The second-order valence-corrected chi connectivity index (χ2v) is 5.07. The molecule has 0 unspecified atom stereocenters. The third kappa shape index (κ3) is 2.03. The van der Waals surface area contributed by atoms with Crippen LogP contribution in [0.3, 0.4) is 0 Å². The molecule has 1 N–H and O–H groups in total. The Morgan fingerprint density at radius 2 is 2.12 bits per heavy atom. The van der Waals surface area contributed by atoms with Crippen molar-refractivity contribution in [2.45, 2.75) is 6.92 Å². The van der Waals surface area contributed by atoms with E-state index in [0.29, 0.717) is 5.56 Å². The fourth-order valence-corrected chi connectivity index (χ4v) is 3.04. The molecule has 0 amide bonds. The van der Waals surface area contributed by atoms with Crippen molar-refractivity contribution in [2.24, 2.45) is 0 Å². The van der Waals surface area contributed by atoms with Gasteiger partial charge in [-0.2, -0.15) is 11.3 Å². The van der Waals surface area contributed by atoms with Crippen molar-refractivity contribution >= 4 is 33.2 Å². The number of carboxylic acid groups (broad SMARTS) is 1. The third-order valence-corrected chi connectivity index (χ3v) is 4.10. The van der Waals surface area contributed by atoms with Gasteiger partial charge in [0.25, 0.3) is 0 Å². The SMILES string of the molecule is Cc1ccc(-c2cscc2Br)cc1C(=O)O. The van der Waals surface area contributed by atoms with E-state index < -0.39 is 5.97 Å². The van der Waals surface area contributed by atoms with Crippen molar-refractivity contribution in [3.8, 4) is 11.1 Å². The van der Waals surface area contributed by atoms with Crippen LogP contribution in [0.4, 0.5) is 0 Å². The number of thiophene rings is 1. The zero-order valence-electron chi connectivity index (χ0n) is 8.53. The van der Waals surface area contributed by atoms with Gasteiger partial charge in [-0.25, -0.2) is 4.79 Å². The van der Waals surface area contributed by atoms with Crippen LogP contribution in [0.25, 0.3) is 11.1 Å². The highest BCUT2D eigenvalue weighted by atomic mass is 79.9. The lowest BCUT2D eigenvalue weighted by molar-refractivity contribution is 0.0696. The van der Waals surface area contributed by atoms with Crippen LogP contribution in [0.15, 0.2) is 33.4 Å². The summed E-state index contributed by atoms with van der Waals surface area (Å²) in [7, 11) is 0. The van der Waals surface area contributed by atoms with Gasteiger partial charge in [-0.15, -0.1) is 0 Å². The summed E-state index contributed by atoms with van der Waals surface area (Å²) in [5.41, 5.74) is 3.10. The Morgan fingerprint density at radius 1 is 1.38 bits per heavy atom. The minimum absolute atomic E-state index is 0.357. The highest BCUT2D eigenvalue weighted by Crippen LogP contribution is 2.32. The maximum atomic E-state index is 11.0. The molecule has 4 heteroatoms. The first-order chi connectivity index (χ1) is 7.59. The minimum atomic E-state index is -0.884. The van der Waals surface area contributed by atoms with Crippen molar-refractivity contribution in [1.29, 1.82) is 0 Å². The van der Waals surface area contributed by atoms with Gasteiger partial charge in [-0.3, -0.25) is 0 Å². The normalized spacial score (nSPS) is 10.4. The molecule has 2 rings (SSSR count). The number of aryl methyl sites for hydroxylation is 1. The van der Waals surface area contributed by atoms with Gasteiger partial charge in [0.2, 0.25) is 0 Å². The van der Waals surface area contributed by atoms with Crippen LogP contribution in [-0.4, -0.2) is 11.1 Å². The second kappa shape index (κ2) is 4.39. The van der Waals surface area contributed by atoms with Gasteiger partial charge in [-0.05, 0) is 45.4 Å². The van der Waals surface area contributed by atoms with Gasteiger partial charge < -0.3 is 5.11 Å². The molecule has 0 spiro atoms. The summed E-state index contributed by atoms with van der Waals surface area (Å²) in [6.45, 7) is 1.80. The molecule has 0 radical (unpaired) electrons. The topological polar surface area (TPSA) is 37.3 Å². The summed E-state index contributed by atoms with van der Waals surface area (Å²) in [6, 6.07) is 5.49. The lowest BCUT2D eigenvalue weighted by Crippen LogP contribution is -1.99. The first-order valence-electron chi connectivity index (χ1n) is 4.65. The van der Waals surface area contributed by atoms with Gasteiger partial charge in [0, 0.05) is 15.4 Å². The zero-order valence-corrected chi connectivity index (χ0v) is 10.9. The number of benzene rings is 1. The van der Waals surface area contributed by atoms with E-state index in [-0.39, 0.29) is 0 Å². The van der Waals surface area contributed by atoms with Gasteiger partial charge >= 0.3 is 5.97 Å². The second-order valence-electron chi connectivity index (χ2n) is 3.47. The molecule has 0 aliphatic heterocycles. The fraction of sp³-hybridized carbons (Fsp3) is 0.0833. The number of halogens is 1. The van der Waals surface area contributed by atoms with E-state index in [4.69, 9.17) is 5.11 Å². The van der Waals surface area contributed by atoms with Gasteiger partial charge in [0.1, 0.15) is 0 Å². The van der Waals surface area contributed by atoms with E-state index >= 15 is 0 Å². The fourth-order valence-electron chi connectivity index (χ4n) is 1.51. The summed E-state index contributed by atoms with van der Waals surface area (Å²) < 4.78 is 0.998. The summed E-state index contributed by atoms with van der Waals surface area (Å²) in [5.74, 6) is -0.884. The molecule has 2 nitrogen and oxygen atoms in total. The standard InChI is InChI=1S/C12H9BrO2S/c1-7-2-3-8(4-9(7)12(14)15)10-5-16-6-11(10)13/h2-6H,1H3,(H,14,15). The molecule has 0 saturated carbocycles. The predicted octanol–water partition coefficient (Wildman–Crippen LogP) is 4.18. The smallest absolute Gasteiger partial charge is 0.335 e. The summed E-state index contributed by atoms with van der Waals surface area (Å²) in [6.07, 6.45) is 0. The molecule has 0 bridgehead atoms. The first-order valence-corrected chi connectivity index (χ1v) is 6.39. The van der Waals surface area contributed by atoms with E-state index in [1.165, 1.54) is 0 Å². The largest absolute Gasteiger partial charge is 0.478 e. The molecule has 1 heterocycles. The predicted molar refractivity (Wildman–Crippen MR) is 69.2 cm³/mol. The van der Waals surface area contributed by atoms with Crippen LogP contribution in [0, 0.1) is 6.92 Å². The van der Waals surface area contributed by atoms with Gasteiger partial charge in [-0.1, -0.05) is 12.1 Å².